The third-order valence-electron chi connectivity index (χ3n) is 3.34. The van der Waals surface area contributed by atoms with Crippen LogP contribution in [0.5, 0.6) is 0 Å². The second-order valence-corrected chi connectivity index (χ2v) is 5.56. The van der Waals surface area contributed by atoms with E-state index in [1.165, 1.54) is 18.5 Å². The summed E-state index contributed by atoms with van der Waals surface area (Å²) < 4.78 is 3.05. The molecule has 0 radical (unpaired) electrons. The normalized spacial score (nSPS) is 17.8. The van der Waals surface area contributed by atoms with E-state index < -0.39 is 0 Å². The largest absolute Gasteiger partial charge is 0.393 e. The van der Waals surface area contributed by atoms with Crippen molar-refractivity contribution in [2.24, 2.45) is 13.0 Å². The van der Waals surface area contributed by atoms with Gasteiger partial charge in [-0.1, -0.05) is 0 Å². The van der Waals surface area contributed by atoms with Gasteiger partial charge in [0.2, 0.25) is 0 Å². The molecule has 0 saturated heterocycles. The Hall–Kier alpha value is -0.350. The van der Waals surface area contributed by atoms with E-state index >= 15 is 0 Å². The second kappa shape index (κ2) is 4.88. The summed E-state index contributed by atoms with van der Waals surface area (Å²) in [6, 6.07) is 0. The van der Waals surface area contributed by atoms with Gasteiger partial charge in [0.15, 0.2) is 0 Å². The van der Waals surface area contributed by atoms with Crippen LogP contribution in [0.2, 0.25) is 0 Å². The van der Waals surface area contributed by atoms with E-state index in [1.807, 2.05) is 18.7 Å². The summed E-state index contributed by atoms with van der Waals surface area (Å²) in [4.78, 5) is 0. The highest BCUT2D eigenvalue weighted by Gasteiger charge is 2.29. The molecule has 0 bridgehead atoms. The number of hydrogen-bond donors (Lipinski definition) is 1. The fourth-order valence-electron chi connectivity index (χ4n) is 2.15. The number of rotatable bonds is 5. The number of halogens is 1. The molecule has 1 aliphatic rings. The van der Waals surface area contributed by atoms with Gasteiger partial charge >= 0.3 is 0 Å². The maximum atomic E-state index is 9.78. The molecule has 16 heavy (non-hydrogen) atoms. The molecular formula is C12H19BrN2O. The molecule has 0 aromatic carbocycles. The zero-order valence-corrected chi connectivity index (χ0v) is 11.5. The van der Waals surface area contributed by atoms with Gasteiger partial charge in [0.05, 0.1) is 22.0 Å². The third-order valence-corrected chi connectivity index (χ3v) is 4.37. The summed E-state index contributed by atoms with van der Waals surface area (Å²) in [7, 11) is 1.98. The van der Waals surface area contributed by atoms with Gasteiger partial charge in [-0.25, -0.2) is 0 Å². The van der Waals surface area contributed by atoms with E-state index in [1.54, 1.807) is 0 Å². The fourth-order valence-corrected chi connectivity index (χ4v) is 2.68. The van der Waals surface area contributed by atoms with Gasteiger partial charge in [-0.2, -0.15) is 5.10 Å². The molecule has 4 heteroatoms. The average molecular weight is 287 g/mol. The Balaban J connectivity index is 1.84. The first-order chi connectivity index (χ1) is 7.59. The van der Waals surface area contributed by atoms with Crippen molar-refractivity contribution in [3.8, 4) is 0 Å². The van der Waals surface area contributed by atoms with Gasteiger partial charge in [-0.3, -0.25) is 4.68 Å². The molecule has 1 heterocycles. The minimum Gasteiger partial charge on any atom is -0.393 e. The van der Waals surface area contributed by atoms with Crippen molar-refractivity contribution in [3.63, 3.8) is 0 Å². The van der Waals surface area contributed by atoms with Crippen LogP contribution in [0.1, 0.15) is 37.1 Å². The molecule has 90 valence electrons. The molecular weight excluding hydrogens is 268 g/mol. The summed E-state index contributed by atoms with van der Waals surface area (Å²) in [6.07, 6.45) is 5.30. The quantitative estimate of drug-likeness (QED) is 0.904. The number of nitrogens with zero attached hydrogens (tertiary/aromatic N) is 2. The molecule has 1 aromatic heterocycles. The Morgan fingerprint density at radius 2 is 2.25 bits per heavy atom. The predicted octanol–water partition coefficient (Wildman–Crippen LogP) is 2.58. The minimum absolute atomic E-state index is 0.0758. The van der Waals surface area contributed by atoms with Gasteiger partial charge in [-0.05, 0) is 60.9 Å². The van der Waals surface area contributed by atoms with Crippen LogP contribution in [-0.2, 0) is 13.5 Å². The van der Waals surface area contributed by atoms with Crippen molar-refractivity contribution in [3.05, 3.63) is 15.9 Å². The SMILES string of the molecule is Cc1nn(C)c(CCCC(O)C2CC2)c1Br. The van der Waals surface area contributed by atoms with Crippen LogP contribution in [0.4, 0.5) is 0 Å². The van der Waals surface area contributed by atoms with Gasteiger partial charge in [0.1, 0.15) is 0 Å². The van der Waals surface area contributed by atoms with Crippen LogP contribution in [0.25, 0.3) is 0 Å². The zero-order valence-electron chi connectivity index (χ0n) is 9.91. The lowest BCUT2D eigenvalue weighted by molar-refractivity contribution is 0.139. The molecule has 1 unspecified atom stereocenters. The number of aryl methyl sites for hydroxylation is 2. The van der Waals surface area contributed by atoms with E-state index in [0.29, 0.717) is 5.92 Å². The van der Waals surface area contributed by atoms with Crippen LogP contribution in [0, 0.1) is 12.8 Å². The maximum absolute atomic E-state index is 9.78. The molecule has 1 saturated carbocycles. The molecule has 0 amide bonds. The fraction of sp³-hybridized carbons (Fsp3) is 0.750. The van der Waals surface area contributed by atoms with E-state index in [-0.39, 0.29) is 6.10 Å². The average Bonchev–Trinajstić information content (AvgIpc) is 3.02. The first-order valence-corrected chi connectivity index (χ1v) is 6.75. The molecule has 2 rings (SSSR count). The van der Waals surface area contributed by atoms with E-state index in [0.717, 1.165) is 29.4 Å². The summed E-state index contributed by atoms with van der Waals surface area (Å²) >= 11 is 3.56. The molecule has 1 atom stereocenters. The lowest BCUT2D eigenvalue weighted by atomic mass is 10.1. The van der Waals surface area contributed by atoms with Crippen LogP contribution in [-0.4, -0.2) is 21.0 Å². The second-order valence-electron chi connectivity index (χ2n) is 4.77. The van der Waals surface area contributed by atoms with Crippen molar-refractivity contribution < 1.29 is 5.11 Å². The molecule has 0 aliphatic heterocycles. The number of aliphatic hydroxyl groups is 1. The summed E-state index contributed by atoms with van der Waals surface area (Å²) in [6.45, 7) is 2.01. The predicted molar refractivity (Wildman–Crippen MR) is 67.3 cm³/mol. The van der Waals surface area contributed by atoms with Gasteiger partial charge < -0.3 is 5.11 Å². The van der Waals surface area contributed by atoms with Crippen LogP contribution in [0.3, 0.4) is 0 Å². The number of aliphatic hydroxyl groups excluding tert-OH is 1. The maximum Gasteiger partial charge on any atom is 0.0738 e. The Morgan fingerprint density at radius 1 is 1.56 bits per heavy atom. The Morgan fingerprint density at radius 3 is 2.75 bits per heavy atom. The topological polar surface area (TPSA) is 38.0 Å². The Labute approximate surface area is 105 Å². The van der Waals surface area contributed by atoms with Crippen molar-refractivity contribution >= 4 is 15.9 Å². The molecule has 1 fully saturated rings. The standard InChI is InChI=1S/C12H19BrN2O/c1-8-12(13)10(15(2)14-8)4-3-5-11(16)9-6-7-9/h9,11,16H,3-7H2,1-2H3. The number of hydrogen-bond acceptors (Lipinski definition) is 2. The van der Waals surface area contributed by atoms with Gasteiger partial charge in [-0.15, -0.1) is 0 Å². The highest BCUT2D eigenvalue weighted by Crippen LogP contribution is 2.34. The molecule has 1 aromatic rings. The first-order valence-electron chi connectivity index (χ1n) is 5.95. The lowest BCUT2D eigenvalue weighted by Gasteiger charge is -2.08. The third kappa shape index (κ3) is 2.66. The summed E-state index contributed by atoms with van der Waals surface area (Å²) in [5.41, 5.74) is 2.28. The van der Waals surface area contributed by atoms with Crippen molar-refractivity contribution in [2.75, 3.05) is 0 Å². The Kier molecular flexibility index (Phi) is 3.70. The smallest absolute Gasteiger partial charge is 0.0738 e. The molecule has 3 nitrogen and oxygen atoms in total. The zero-order chi connectivity index (χ0) is 11.7. The Bertz CT molecular complexity index is 371. The van der Waals surface area contributed by atoms with E-state index in [2.05, 4.69) is 21.0 Å². The van der Waals surface area contributed by atoms with Gasteiger partial charge in [0, 0.05) is 7.05 Å². The van der Waals surface area contributed by atoms with Crippen LogP contribution in [0.15, 0.2) is 4.47 Å². The van der Waals surface area contributed by atoms with Gasteiger partial charge in [0.25, 0.3) is 0 Å². The minimum atomic E-state index is -0.0758. The highest BCUT2D eigenvalue weighted by molar-refractivity contribution is 9.10. The lowest BCUT2D eigenvalue weighted by Crippen LogP contribution is -2.09. The highest BCUT2D eigenvalue weighted by atomic mass is 79.9. The first kappa shape index (κ1) is 12.1. The van der Waals surface area contributed by atoms with Crippen molar-refractivity contribution in [2.45, 2.75) is 45.1 Å². The van der Waals surface area contributed by atoms with Crippen LogP contribution < -0.4 is 0 Å². The monoisotopic (exact) mass is 286 g/mol. The molecule has 0 spiro atoms. The van der Waals surface area contributed by atoms with Crippen molar-refractivity contribution in [1.82, 2.24) is 9.78 Å². The van der Waals surface area contributed by atoms with Crippen LogP contribution >= 0.6 is 15.9 Å². The van der Waals surface area contributed by atoms with Crippen molar-refractivity contribution in [1.29, 1.82) is 0 Å². The summed E-state index contributed by atoms with van der Waals surface area (Å²) in [5, 5.41) is 14.1. The van der Waals surface area contributed by atoms with E-state index in [9.17, 15) is 5.11 Å². The molecule has 1 aliphatic carbocycles. The number of aromatic nitrogens is 2. The summed E-state index contributed by atoms with van der Waals surface area (Å²) in [5.74, 6) is 0.594. The van der Waals surface area contributed by atoms with E-state index in [4.69, 9.17) is 0 Å². The molecule has 1 N–H and O–H groups in total.